The summed E-state index contributed by atoms with van der Waals surface area (Å²) in [5.41, 5.74) is 0.794. The van der Waals surface area contributed by atoms with E-state index < -0.39 is 0 Å². The van der Waals surface area contributed by atoms with Gasteiger partial charge in [-0.1, -0.05) is 0 Å². The van der Waals surface area contributed by atoms with Gasteiger partial charge in [-0.15, -0.1) is 0 Å². The highest BCUT2D eigenvalue weighted by Crippen LogP contribution is 2.25. The molecule has 1 atom stereocenters. The molecule has 0 radical (unpaired) electrons. The van der Waals surface area contributed by atoms with E-state index in [2.05, 4.69) is 9.97 Å². The fraction of sp³-hybridized carbons (Fsp3) is 0.478. The maximum atomic E-state index is 13.0. The van der Waals surface area contributed by atoms with Crippen LogP contribution in [0.3, 0.4) is 0 Å². The summed E-state index contributed by atoms with van der Waals surface area (Å²) in [5.74, 6) is 1.78. The molecule has 176 valence electrons. The summed E-state index contributed by atoms with van der Waals surface area (Å²) >= 11 is 0. The smallest absolute Gasteiger partial charge is 0.325 e. The first-order chi connectivity index (χ1) is 16.0. The molecule has 0 N–H and O–H groups in total. The Labute approximate surface area is 193 Å². The van der Waals surface area contributed by atoms with Gasteiger partial charge >= 0.3 is 6.03 Å². The minimum Gasteiger partial charge on any atom is -0.497 e. The van der Waals surface area contributed by atoms with Crippen LogP contribution in [0.4, 0.5) is 16.3 Å². The number of carbonyl (C=O) groups excluding carboxylic acids is 2. The second-order valence-electron chi connectivity index (χ2n) is 8.36. The lowest BCUT2D eigenvalue weighted by molar-refractivity contribution is -0.134. The van der Waals surface area contributed by atoms with Crippen molar-refractivity contribution in [2.75, 3.05) is 63.7 Å². The van der Waals surface area contributed by atoms with Crippen molar-refractivity contribution in [3.05, 3.63) is 36.7 Å². The standard InChI is InChI=1S/C23H30N6O4/c1-26(2)21-22(25-11-10-24-21)33-19-5-4-12-27(15-19)20(30)16-28-13-14-29(23(28)31)17-6-8-18(32-3)9-7-17/h6-11,19H,4-5,12-16H2,1-3H3. The van der Waals surface area contributed by atoms with Crippen LogP contribution in [0.15, 0.2) is 36.7 Å². The van der Waals surface area contributed by atoms with E-state index in [0.717, 1.165) is 24.3 Å². The lowest BCUT2D eigenvalue weighted by Gasteiger charge is -2.34. The predicted molar refractivity (Wildman–Crippen MR) is 124 cm³/mol. The monoisotopic (exact) mass is 454 g/mol. The van der Waals surface area contributed by atoms with Crippen LogP contribution in [0.5, 0.6) is 11.6 Å². The number of anilines is 2. The molecule has 0 aliphatic carbocycles. The molecule has 33 heavy (non-hydrogen) atoms. The molecule has 10 nitrogen and oxygen atoms in total. The van der Waals surface area contributed by atoms with Crippen LogP contribution in [0.25, 0.3) is 0 Å². The molecule has 1 unspecified atom stereocenters. The highest BCUT2D eigenvalue weighted by molar-refractivity contribution is 5.96. The molecular weight excluding hydrogens is 424 g/mol. The molecule has 2 fully saturated rings. The molecule has 3 heterocycles. The van der Waals surface area contributed by atoms with Gasteiger partial charge in [-0.25, -0.2) is 14.8 Å². The predicted octanol–water partition coefficient (Wildman–Crippen LogP) is 1.86. The van der Waals surface area contributed by atoms with Crippen molar-refractivity contribution in [3.63, 3.8) is 0 Å². The SMILES string of the molecule is COc1ccc(N2CCN(CC(=O)N3CCCC(Oc4nccnc4N(C)C)C3)C2=O)cc1. The van der Waals surface area contributed by atoms with Gasteiger partial charge in [0, 0.05) is 51.8 Å². The van der Waals surface area contributed by atoms with E-state index in [0.29, 0.717) is 37.9 Å². The molecular formula is C23H30N6O4. The summed E-state index contributed by atoms with van der Waals surface area (Å²) in [6.07, 6.45) is 4.73. The third kappa shape index (κ3) is 5.10. The fourth-order valence-corrected chi connectivity index (χ4v) is 4.12. The maximum Gasteiger partial charge on any atom is 0.325 e. The van der Waals surface area contributed by atoms with Crippen molar-refractivity contribution in [2.24, 2.45) is 0 Å². The van der Waals surface area contributed by atoms with E-state index in [1.807, 2.05) is 43.3 Å². The Balaban J connectivity index is 1.34. The zero-order valence-electron chi connectivity index (χ0n) is 19.3. The number of aromatic nitrogens is 2. The van der Waals surface area contributed by atoms with Gasteiger partial charge in [-0.3, -0.25) is 9.69 Å². The number of hydrogen-bond donors (Lipinski definition) is 0. The molecule has 1 aromatic heterocycles. The van der Waals surface area contributed by atoms with Crippen LogP contribution in [0, 0.1) is 0 Å². The van der Waals surface area contributed by atoms with Crippen molar-refractivity contribution in [1.82, 2.24) is 19.8 Å². The van der Waals surface area contributed by atoms with Gasteiger partial charge in [0.15, 0.2) is 5.82 Å². The van der Waals surface area contributed by atoms with Gasteiger partial charge in [0.25, 0.3) is 5.88 Å². The normalized spacial score (nSPS) is 18.5. The zero-order valence-corrected chi connectivity index (χ0v) is 19.3. The highest BCUT2D eigenvalue weighted by atomic mass is 16.5. The Bertz CT molecular complexity index is 983. The van der Waals surface area contributed by atoms with E-state index >= 15 is 0 Å². The molecule has 0 saturated carbocycles. The first-order valence-electron chi connectivity index (χ1n) is 11.1. The number of ether oxygens (including phenoxy) is 2. The largest absolute Gasteiger partial charge is 0.497 e. The number of amides is 3. The molecule has 3 amide bonds. The number of nitrogens with zero attached hydrogens (tertiary/aromatic N) is 6. The Morgan fingerprint density at radius 3 is 2.61 bits per heavy atom. The highest BCUT2D eigenvalue weighted by Gasteiger charge is 2.33. The first kappa shape index (κ1) is 22.6. The average Bonchev–Trinajstić information content (AvgIpc) is 3.19. The van der Waals surface area contributed by atoms with Crippen LogP contribution < -0.4 is 19.3 Å². The number of rotatable bonds is 7. The topological polar surface area (TPSA) is 91.3 Å². The summed E-state index contributed by atoms with van der Waals surface area (Å²) in [6.45, 7) is 2.24. The molecule has 2 aromatic rings. The van der Waals surface area contributed by atoms with E-state index in [-0.39, 0.29) is 24.6 Å². The van der Waals surface area contributed by atoms with E-state index in [1.165, 1.54) is 0 Å². The summed E-state index contributed by atoms with van der Waals surface area (Å²) in [6, 6.07) is 7.19. The van der Waals surface area contributed by atoms with Crippen molar-refractivity contribution >= 4 is 23.4 Å². The van der Waals surface area contributed by atoms with Crippen LogP contribution in [0.2, 0.25) is 0 Å². The number of hydrogen-bond acceptors (Lipinski definition) is 7. The summed E-state index contributed by atoms with van der Waals surface area (Å²) < 4.78 is 11.3. The van der Waals surface area contributed by atoms with Crippen LogP contribution >= 0.6 is 0 Å². The molecule has 0 bridgehead atoms. The Morgan fingerprint density at radius 1 is 1.12 bits per heavy atom. The lowest BCUT2D eigenvalue weighted by atomic mass is 10.1. The average molecular weight is 455 g/mol. The molecule has 2 saturated heterocycles. The van der Waals surface area contributed by atoms with Gasteiger partial charge < -0.3 is 24.2 Å². The van der Waals surface area contributed by atoms with Gasteiger partial charge in [-0.05, 0) is 37.1 Å². The minimum atomic E-state index is -0.164. The van der Waals surface area contributed by atoms with Crippen LogP contribution in [-0.4, -0.2) is 91.7 Å². The fourth-order valence-electron chi connectivity index (χ4n) is 4.12. The number of carbonyl (C=O) groups is 2. The summed E-state index contributed by atoms with van der Waals surface area (Å²) in [7, 11) is 5.37. The quantitative estimate of drug-likeness (QED) is 0.631. The molecule has 10 heteroatoms. The molecule has 1 aromatic carbocycles. The number of benzene rings is 1. The Morgan fingerprint density at radius 2 is 1.88 bits per heavy atom. The van der Waals surface area contributed by atoms with E-state index in [1.54, 1.807) is 34.2 Å². The Kier molecular flexibility index (Phi) is 6.81. The summed E-state index contributed by atoms with van der Waals surface area (Å²) in [4.78, 5) is 41.4. The lowest BCUT2D eigenvalue weighted by Crippen LogP contribution is -2.48. The third-order valence-corrected chi connectivity index (χ3v) is 5.88. The first-order valence-corrected chi connectivity index (χ1v) is 11.1. The number of likely N-dealkylation sites (tertiary alicyclic amines) is 1. The van der Waals surface area contributed by atoms with Gasteiger partial charge in [-0.2, -0.15) is 0 Å². The maximum absolute atomic E-state index is 13.0. The van der Waals surface area contributed by atoms with Crippen LogP contribution in [0.1, 0.15) is 12.8 Å². The Hall–Kier alpha value is -3.56. The summed E-state index contributed by atoms with van der Waals surface area (Å²) in [5, 5.41) is 0. The van der Waals surface area contributed by atoms with Gasteiger partial charge in [0.1, 0.15) is 18.4 Å². The van der Waals surface area contributed by atoms with Crippen LogP contribution in [-0.2, 0) is 4.79 Å². The number of methoxy groups -OCH3 is 1. The molecule has 2 aliphatic rings. The second-order valence-corrected chi connectivity index (χ2v) is 8.36. The van der Waals surface area contributed by atoms with Gasteiger partial charge in [0.2, 0.25) is 5.91 Å². The van der Waals surface area contributed by atoms with Crippen molar-refractivity contribution in [1.29, 1.82) is 0 Å². The number of urea groups is 1. The van der Waals surface area contributed by atoms with Gasteiger partial charge in [0.05, 0.1) is 13.7 Å². The van der Waals surface area contributed by atoms with Crippen molar-refractivity contribution in [3.8, 4) is 11.6 Å². The minimum absolute atomic E-state index is 0.0618. The van der Waals surface area contributed by atoms with Crippen molar-refractivity contribution in [2.45, 2.75) is 18.9 Å². The second kappa shape index (κ2) is 9.93. The molecule has 0 spiro atoms. The number of piperidine rings is 1. The van der Waals surface area contributed by atoms with Crippen molar-refractivity contribution < 1.29 is 19.1 Å². The van der Waals surface area contributed by atoms with E-state index in [4.69, 9.17) is 9.47 Å². The van der Waals surface area contributed by atoms with E-state index in [9.17, 15) is 9.59 Å². The zero-order chi connectivity index (χ0) is 23.4. The molecule has 4 rings (SSSR count). The third-order valence-electron chi connectivity index (χ3n) is 5.88. The molecule has 2 aliphatic heterocycles.